The second-order valence-corrected chi connectivity index (χ2v) is 11.0. The standard InChI is InChI=1S/C26H41N3O6/c1-7-27-22(31)28-17-26(6)15-19(14-24(2,3)16-26)29-23(32)35-13-12-34-20-10-8-18(9-11-20)21(30)25(4,5)33/h8-11,19,33H,7,12-17H2,1-6H3,(H,29,32)(H2,27,28,31). The lowest BCUT2D eigenvalue weighted by Crippen LogP contribution is -2.51. The predicted octanol–water partition coefficient (Wildman–Crippen LogP) is 3.65. The van der Waals surface area contributed by atoms with Gasteiger partial charge >= 0.3 is 12.1 Å². The number of rotatable bonds is 10. The van der Waals surface area contributed by atoms with Gasteiger partial charge in [-0.15, -0.1) is 0 Å². The molecule has 4 N–H and O–H groups in total. The van der Waals surface area contributed by atoms with Crippen molar-refractivity contribution in [3.8, 4) is 5.75 Å². The number of ether oxygens (including phenoxy) is 2. The number of amides is 3. The van der Waals surface area contributed by atoms with Crippen LogP contribution in [0.1, 0.15) is 71.2 Å². The van der Waals surface area contributed by atoms with E-state index < -0.39 is 11.7 Å². The number of benzene rings is 1. The van der Waals surface area contributed by atoms with Crippen molar-refractivity contribution in [2.75, 3.05) is 26.3 Å². The molecule has 2 atom stereocenters. The summed E-state index contributed by atoms with van der Waals surface area (Å²) in [4.78, 5) is 36.3. The molecule has 0 aromatic heterocycles. The van der Waals surface area contributed by atoms with E-state index in [-0.39, 0.29) is 41.9 Å². The Labute approximate surface area is 208 Å². The molecule has 0 heterocycles. The van der Waals surface area contributed by atoms with Crippen LogP contribution >= 0.6 is 0 Å². The predicted molar refractivity (Wildman–Crippen MR) is 134 cm³/mol. The summed E-state index contributed by atoms with van der Waals surface area (Å²) in [5.41, 5.74) is -1.18. The molecule has 1 fully saturated rings. The first-order valence-corrected chi connectivity index (χ1v) is 12.2. The van der Waals surface area contributed by atoms with E-state index in [1.165, 1.54) is 13.8 Å². The molecular formula is C26H41N3O6. The van der Waals surface area contributed by atoms with Crippen molar-refractivity contribution >= 4 is 17.9 Å². The first kappa shape index (κ1) is 28.4. The Balaban J connectivity index is 1.78. The van der Waals surface area contributed by atoms with Crippen molar-refractivity contribution in [2.24, 2.45) is 10.8 Å². The van der Waals surface area contributed by atoms with Crippen LogP contribution in [-0.4, -0.2) is 61.0 Å². The van der Waals surface area contributed by atoms with Crippen molar-refractivity contribution in [3.05, 3.63) is 29.8 Å². The van der Waals surface area contributed by atoms with Crippen LogP contribution in [0.5, 0.6) is 5.75 Å². The highest BCUT2D eigenvalue weighted by Gasteiger charge is 2.42. The van der Waals surface area contributed by atoms with Crippen LogP contribution in [-0.2, 0) is 4.74 Å². The van der Waals surface area contributed by atoms with Crippen LogP contribution in [0.15, 0.2) is 24.3 Å². The number of nitrogens with one attached hydrogen (secondary N) is 3. The number of ketones is 1. The molecule has 0 spiro atoms. The molecule has 3 amide bonds. The maximum Gasteiger partial charge on any atom is 0.407 e. The van der Waals surface area contributed by atoms with Gasteiger partial charge in [0.1, 0.15) is 24.6 Å². The lowest BCUT2D eigenvalue weighted by atomic mass is 9.62. The third-order valence-electron chi connectivity index (χ3n) is 6.04. The molecule has 1 aliphatic carbocycles. The van der Waals surface area contributed by atoms with Crippen LogP contribution in [0, 0.1) is 10.8 Å². The van der Waals surface area contributed by atoms with E-state index in [1.807, 2.05) is 6.92 Å². The van der Waals surface area contributed by atoms with Gasteiger partial charge < -0.3 is 30.5 Å². The van der Waals surface area contributed by atoms with Gasteiger partial charge in [-0.3, -0.25) is 4.79 Å². The van der Waals surface area contributed by atoms with E-state index in [4.69, 9.17) is 9.47 Å². The van der Waals surface area contributed by atoms with E-state index in [9.17, 15) is 19.5 Å². The molecular weight excluding hydrogens is 450 g/mol. The molecule has 9 heteroatoms. The number of Topliss-reactive ketones (excluding diaryl/α,β-unsaturated/α-hetero) is 1. The van der Waals surface area contributed by atoms with Gasteiger partial charge in [-0.2, -0.15) is 0 Å². The van der Waals surface area contributed by atoms with Gasteiger partial charge in [-0.1, -0.05) is 20.8 Å². The Morgan fingerprint density at radius 1 is 1.06 bits per heavy atom. The first-order chi connectivity index (χ1) is 16.2. The largest absolute Gasteiger partial charge is 0.490 e. The summed E-state index contributed by atoms with van der Waals surface area (Å²) in [7, 11) is 0. The second kappa shape index (κ2) is 11.7. The number of aliphatic hydroxyl groups is 1. The van der Waals surface area contributed by atoms with Crippen molar-refractivity contribution in [2.45, 2.75) is 72.4 Å². The van der Waals surface area contributed by atoms with Crippen LogP contribution in [0.4, 0.5) is 9.59 Å². The van der Waals surface area contributed by atoms with Gasteiger partial charge in [-0.25, -0.2) is 9.59 Å². The molecule has 0 radical (unpaired) electrons. The Kier molecular flexibility index (Phi) is 9.54. The third kappa shape index (κ3) is 9.39. The molecule has 1 aromatic rings. The van der Waals surface area contributed by atoms with Crippen LogP contribution in [0.2, 0.25) is 0 Å². The van der Waals surface area contributed by atoms with Gasteiger partial charge in [0.15, 0.2) is 5.78 Å². The van der Waals surface area contributed by atoms with E-state index >= 15 is 0 Å². The highest BCUT2D eigenvalue weighted by molar-refractivity contribution is 6.01. The Morgan fingerprint density at radius 2 is 1.71 bits per heavy atom. The van der Waals surface area contributed by atoms with Crippen molar-refractivity contribution in [1.82, 2.24) is 16.0 Å². The Bertz CT molecular complexity index is 878. The first-order valence-electron chi connectivity index (χ1n) is 12.2. The summed E-state index contributed by atoms with van der Waals surface area (Å²) in [6.45, 7) is 12.6. The van der Waals surface area contributed by atoms with E-state index in [0.717, 1.165) is 19.3 Å². The Morgan fingerprint density at radius 3 is 2.31 bits per heavy atom. The number of carbonyl (C=O) groups excluding carboxylic acids is 3. The molecule has 0 aliphatic heterocycles. The highest BCUT2D eigenvalue weighted by Crippen LogP contribution is 2.45. The fraction of sp³-hybridized carbons (Fsp3) is 0.654. The van der Waals surface area contributed by atoms with Gasteiger partial charge in [0.25, 0.3) is 0 Å². The number of hydrogen-bond donors (Lipinski definition) is 4. The molecule has 1 saturated carbocycles. The summed E-state index contributed by atoms with van der Waals surface area (Å²) >= 11 is 0. The minimum Gasteiger partial charge on any atom is -0.490 e. The van der Waals surface area contributed by atoms with Crippen LogP contribution in [0.3, 0.4) is 0 Å². The Hall–Kier alpha value is -2.81. The maximum absolute atomic E-state index is 12.4. The lowest BCUT2D eigenvalue weighted by Gasteiger charge is -2.46. The second-order valence-electron chi connectivity index (χ2n) is 11.0. The maximum atomic E-state index is 12.4. The summed E-state index contributed by atoms with van der Waals surface area (Å²) in [6, 6.07) is 6.21. The molecule has 196 valence electrons. The van der Waals surface area contributed by atoms with Crippen molar-refractivity contribution in [3.63, 3.8) is 0 Å². The summed E-state index contributed by atoms with van der Waals surface area (Å²) in [6.07, 6.45) is 2.00. The average molecular weight is 492 g/mol. The van der Waals surface area contributed by atoms with E-state index in [0.29, 0.717) is 24.4 Å². The fourth-order valence-electron chi connectivity index (χ4n) is 4.95. The minimum atomic E-state index is -1.44. The van der Waals surface area contributed by atoms with Crippen molar-refractivity contribution < 1.29 is 29.0 Å². The highest BCUT2D eigenvalue weighted by atomic mass is 16.6. The number of alkyl carbamates (subject to hydrolysis) is 1. The summed E-state index contributed by atoms with van der Waals surface area (Å²) < 4.78 is 10.9. The normalized spacial score (nSPS) is 21.5. The molecule has 2 unspecified atom stereocenters. The zero-order chi connectivity index (χ0) is 26.3. The SMILES string of the molecule is CCNC(=O)NCC1(C)CC(NC(=O)OCCOc2ccc(C(=O)C(C)(C)O)cc2)CC(C)(C)C1. The van der Waals surface area contributed by atoms with Crippen molar-refractivity contribution in [1.29, 1.82) is 0 Å². The number of urea groups is 1. The van der Waals surface area contributed by atoms with Gasteiger partial charge in [0.05, 0.1) is 0 Å². The number of carbonyl (C=O) groups is 3. The van der Waals surface area contributed by atoms with E-state index in [2.05, 4.69) is 36.7 Å². The summed E-state index contributed by atoms with van der Waals surface area (Å²) in [5, 5.41) is 18.5. The van der Waals surface area contributed by atoms with Crippen LogP contribution in [0.25, 0.3) is 0 Å². The zero-order valence-corrected chi connectivity index (χ0v) is 21.8. The molecule has 0 bridgehead atoms. The van der Waals surface area contributed by atoms with Gasteiger partial charge in [0, 0.05) is 24.7 Å². The molecule has 1 aliphatic rings. The third-order valence-corrected chi connectivity index (χ3v) is 6.04. The molecule has 9 nitrogen and oxygen atoms in total. The number of hydrogen-bond acceptors (Lipinski definition) is 6. The van der Waals surface area contributed by atoms with Crippen LogP contribution < -0.4 is 20.7 Å². The van der Waals surface area contributed by atoms with Gasteiger partial charge in [-0.05, 0) is 75.1 Å². The average Bonchev–Trinajstić information content (AvgIpc) is 2.73. The molecule has 0 saturated heterocycles. The monoisotopic (exact) mass is 491 g/mol. The fourth-order valence-corrected chi connectivity index (χ4v) is 4.95. The molecule has 35 heavy (non-hydrogen) atoms. The van der Waals surface area contributed by atoms with E-state index in [1.54, 1.807) is 24.3 Å². The minimum absolute atomic E-state index is 0.00968. The summed E-state index contributed by atoms with van der Waals surface area (Å²) in [5.74, 6) is 0.164. The quantitative estimate of drug-likeness (QED) is 0.292. The smallest absolute Gasteiger partial charge is 0.407 e. The van der Waals surface area contributed by atoms with Gasteiger partial charge in [0.2, 0.25) is 0 Å². The topological polar surface area (TPSA) is 126 Å². The molecule has 2 rings (SSSR count). The zero-order valence-electron chi connectivity index (χ0n) is 21.8. The molecule has 1 aromatic carbocycles. The lowest BCUT2D eigenvalue weighted by molar-refractivity contribution is 0.0488.